The van der Waals surface area contributed by atoms with E-state index in [1.807, 2.05) is 58.9 Å². The number of nitrogens with one attached hydrogen (secondary N) is 4. The second-order valence-electron chi connectivity index (χ2n) is 8.31. The van der Waals surface area contributed by atoms with E-state index in [1.165, 1.54) is 0 Å². The number of amides is 1. The largest absolute Gasteiger partial charge is 0.444 e. The van der Waals surface area contributed by atoms with Crippen molar-refractivity contribution in [3.05, 3.63) is 30.1 Å². The molecule has 8 nitrogen and oxygen atoms in total. The van der Waals surface area contributed by atoms with Crippen molar-refractivity contribution in [3.8, 4) is 0 Å². The average Bonchev–Trinajstić information content (AvgIpc) is 2.98. The van der Waals surface area contributed by atoms with Crippen LogP contribution in [0.15, 0.2) is 29.3 Å². The molecule has 0 atom stereocenters. The van der Waals surface area contributed by atoms with E-state index in [0.29, 0.717) is 19.0 Å². The average molecular weight is 516 g/mol. The number of hydrogen-bond donors (Lipinski definition) is 4. The summed E-state index contributed by atoms with van der Waals surface area (Å²) in [6, 6.07) is 7.97. The number of halogens is 1. The zero-order valence-electron chi connectivity index (χ0n) is 18.0. The van der Waals surface area contributed by atoms with Crippen LogP contribution >= 0.6 is 24.0 Å². The Morgan fingerprint density at radius 3 is 2.48 bits per heavy atom. The number of para-hydroxylation sites is 2. The van der Waals surface area contributed by atoms with Gasteiger partial charge in [0.05, 0.1) is 16.6 Å². The first-order chi connectivity index (χ1) is 13.1. The lowest BCUT2D eigenvalue weighted by atomic mass is 10.1. The third-order valence-electron chi connectivity index (χ3n) is 3.85. The number of carbonyl (C=O) groups excluding carboxylic acids is 1. The fourth-order valence-electron chi connectivity index (χ4n) is 2.57. The van der Waals surface area contributed by atoms with Gasteiger partial charge in [-0.05, 0) is 46.8 Å². The number of aromatic amines is 1. The number of benzene rings is 1. The molecule has 0 spiro atoms. The van der Waals surface area contributed by atoms with Crippen LogP contribution in [0.25, 0.3) is 11.0 Å². The number of guanidine groups is 1. The van der Waals surface area contributed by atoms with Gasteiger partial charge in [-0.2, -0.15) is 0 Å². The molecule has 0 saturated carbocycles. The Bertz CT molecular complexity index is 793. The number of fused-ring (bicyclic) bond motifs is 1. The molecule has 0 fully saturated rings. The van der Waals surface area contributed by atoms with E-state index in [1.54, 1.807) is 7.05 Å². The number of H-pyrrole nitrogens is 1. The predicted molar refractivity (Wildman–Crippen MR) is 128 cm³/mol. The van der Waals surface area contributed by atoms with E-state index in [-0.39, 0.29) is 24.0 Å². The fourth-order valence-corrected chi connectivity index (χ4v) is 2.57. The van der Waals surface area contributed by atoms with Crippen molar-refractivity contribution in [1.82, 2.24) is 25.9 Å². The number of aromatic nitrogens is 2. The molecule has 0 radical (unpaired) electrons. The van der Waals surface area contributed by atoms with Crippen molar-refractivity contribution in [2.75, 3.05) is 20.1 Å². The van der Waals surface area contributed by atoms with Crippen LogP contribution in [0.2, 0.25) is 0 Å². The van der Waals surface area contributed by atoms with Crippen molar-refractivity contribution < 1.29 is 9.53 Å². The summed E-state index contributed by atoms with van der Waals surface area (Å²) in [5.41, 5.74) is 0.977. The van der Waals surface area contributed by atoms with Crippen molar-refractivity contribution in [3.63, 3.8) is 0 Å². The molecule has 1 amide bonds. The maximum atomic E-state index is 12.0. The minimum Gasteiger partial charge on any atom is -0.444 e. The summed E-state index contributed by atoms with van der Waals surface area (Å²) in [4.78, 5) is 24.1. The van der Waals surface area contributed by atoms with Gasteiger partial charge in [0.25, 0.3) is 0 Å². The number of rotatable bonds is 6. The van der Waals surface area contributed by atoms with Crippen LogP contribution in [0.4, 0.5) is 4.79 Å². The molecule has 0 saturated heterocycles. The molecular weight excluding hydrogens is 483 g/mol. The highest BCUT2D eigenvalue weighted by atomic mass is 127. The molecule has 0 aliphatic carbocycles. The van der Waals surface area contributed by atoms with Gasteiger partial charge in [-0.25, -0.2) is 9.78 Å². The summed E-state index contributed by atoms with van der Waals surface area (Å²) in [5.74, 6) is 1.59. The van der Waals surface area contributed by atoms with Gasteiger partial charge >= 0.3 is 6.09 Å². The molecule has 0 aliphatic heterocycles. The first kappa shape index (κ1) is 25.0. The lowest BCUT2D eigenvalue weighted by Crippen LogP contribution is -2.54. The molecule has 1 aromatic carbocycles. The molecule has 162 valence electrons. The summed E-state index contributed by atoms with van der Waals surface area (Å²) in [5, 5.41) is 9.36. The lowest BCUT2D eigenvalue weighted by Gasteiger charge is -2.29. The third kappa shape index (κ3) is 8.88. The van der Waals surface area contributed by atoms with E-state index in [0.717, 1.165) is 23.3 Å². The first-order valence-electron chi connectivity index (χ1n) is 9.47. The number of imidazole rings is 1. The highest BCUT2D eigenvalue weighted by molar-refractivity contribution is 14.0. The van der Waals surface area contributed by atoms with Gasteiger partial charge in [0, 0.05) is 26.6 Å². The number of hydrogen-bond acceptors (Lipinski definition) is 4. The molecule has 0 bridgehead atoms. The fraction of sp³-hybridized carbons (Fsp3) is 0.550. The molecular formula is C20H33IN6O2. The quantitative estimate of drug-likeness (QED) is 0.268. The van der Waals surface area contributed by atoms with Crippen molar-refractivity contribution in [2.24, 2.45) is 4.99 Å². The molecule has 1 heterocycles. The number of carbonyl (C=O) groups is 1. The van der Waals surface area contributed by atoms with Crippen LogP contribution in [0.1, 0.15) is 40.4 Å². The zero-order valence-corrected chi connectivity index (χ0v) is 20.4. The van der Waals surface area contributed by atoms with Crippen molar-refractivity contribution in [2.45, 2.75) is 52.2 Å². The van der Waals surface area contributed by atoms with Gasteiger partial charge in [-0.15, -0.1) is 24.0 Å². The summed E-state index contributed by atoms with van der Waals surface area (Å²) < 4.78 is 5.31. The maximum absolute atomic E-state index is 12.0. The lowest BCUT2D eigenvalue weighted by molar-refractivity contribution is 0.0474. The molecule has 29 heavy (non-hydrogen) atoms. The molecule has 0 unspecified atom stereocenters. The second-order valence-corrected chi connectivity index (χ2v) is 8.31. The van der Waals surface area contributed by atoms with Gasteiger partial charge in [-0.1, -0.05) is 12.1 Å². The molecule has 2 rings (SSSR count). The smallest absolute Gasteiger partial charge is 0.408 e. The van der Waals surface area contributed by atoms with E-state index in [2.05, 4.69) is 30.9 Å². The Morgan fingerprint density at radius 2 is 1.86 bits per heavy atom. The Kier molecular flexibility index (Phi) is 9.18. The van der Waals surface area contributed by atoms with Crippen LogP contribution in [-0.4, -0.2) is 53.3 Å². The Labute approximate surface area is 189 Å². The molecule has 1 aromatic heterocycles. The number of ether oxygens (including phenoxy) is 1. The standard InChI is InChI=1S/C20H32N6O2.HI/c1-19(2,3)28-18(27)26-20(4,5)13-23-17(21-6)22-12-11-16-24-14-9-7-8-10-15(14)25-16;/h7-10H,11-13H2,1-6H3,(H,24,25)(H,26,27)(H2,21,22,23);1H. The van der Waals surface area contributed by atoms with Gasteiger partial charge in [0.15, 0.2) is 5.96 Å². The van der Waals surface area contributed by atoms with E-state index in [4.69, 9.17) is 4.74 Å². The van der Waals surface area contributed by atoms with Crippen LogP contribution in [0, 0.1) is 0 Å². The van der Waals surface area contributed by atoms with Crippen molar-refractivity contribution in [1.29, 1.82) is 0 Å². The summed E-state index contributed by atoms with van der Waals surface area (Å²) in [7, 11) is 1.71. The summed E-state index contributed by atoms with van der Waals surface area (Å²) >= 11 is 0. The van der Waals surface area contributed by atoms with Gasteiger partial charge in [0.2, 0.25) is 0 Å². The second kappa shape index (κ2) is 10.7. The highest BCUT2D eigenvalue weighted by Crippen LogP contribution is 2.10. The van der Waals surface area contributed by atoms with Crippen LogP contribution in [0.3, 0.4) is 0 Å². The number of nitrogens with zero attached hydrogens (tertiary/aromatic N) is 2. The number of alkyl carbamates (subject to hydrolysis) is 1. The summed E-state index contributed by atoms with van der Waals surface area (Å²) in [6.45, 7) is 10.5. The Hall–Kier alpha value is -2.04. The monoisotopic (exact) mass is 516 g/mol. The topological polar surface area (TPSA) is 103 Å². The van der Waals surface area contributed by atoms with Gasteiger partial charge < -0.3 is 25.7 Å². The molecule has 2 aromatic rings. The zero-order chi connectivity index (χ0) is 20.8. The van der Waals surface area contributed by atoms with Crippen LogP contribution in [-0.2, 0) is 11.2 Å². The predicted octanol–water partition coefficient (Wildman–Crippen LogP) is 3.19. The minimum absolute atomic E-state index is 0. The SMILES string of the molecule is CN=C(NCCc1nc2ccccc2[nH]1)NCC(C)(C)NC(=O)OC(C)(C)C.I. The first-order valence-corrected chi connectivity index (χ1v) is 9.47. The van der Waals surface area contributed by atoms with Crippen LogP contribution in [0.5, 0.6) is 0 Å². The Balaban J connectivity index is 0.00000420. The molecule has 9 heteroatoms. The van der Waals surface area contributed by atoms with Gasteiger partial charge in [0.1, 0.15) is 11.4 Å². The maximum Gasteiger partial charge on any atom is 0.408 e. The normalized spacial score (nSPS) is 12.3. The Morgan fingerprint density at radius 1 is 1.17 bits per heavy atom. The number of aliphatic imine (C=N–C) groups is 1. The van der Waals surface area contributed by atoms with Gasteiger partial charge in [-0.3, -0.25) is 4.99 Å². The third-order valence-corrected chi connectivity index (χ3v) is 3.85. The van der Waals surface area contributed by atoms with E-state index >= 15 is 0 Å². The molecule has 0 aliphatic rings. The van der Waals surface area contributed by atoms with Crippen molar-refractivity contribution >= 4 is 47.1 Å². The van der Waals surface area contributed by atoms with E-state index < -0.39 is 17.2 Å². The summed E-state index contributed by atoms with van der Waals surface area (Å²) in [6.07, 6.45) is 0.307. The highest BCUT2D eigenvalue weighted by Gasteiger charge is 2.24. The molecule has 4 N–H and O–H groups in total. The van der Waals surface area contributed by atoms with E-state index in [9.17, 15) is 4.79 Å². The minimum atomic E-state index is -0.526. The van der Waals surface area contributed by atoms with Crippen LogP contribution < -0.4 is 16.0 Å².